The number of nitrogens with one attached hydrogen (secondary N) is 1. The minimum atomic E-state index is 0. The molecule has 3 atom stereocenters. The summed E-state index contributed by atoms with van der Waals surface area (Å²) >= 11 is 0. The molecule has 0 aromatic carbocycles. The Morgan fingerprint density at radius 1 is 1.10 bits per heavy atom. The molecule has 2 bridgehead atoms. The fourth-order valence-corrected chi connectivity index (χ4v) is 4.48. The van der Waals surface area contributed by atoms with E-state index in [-0.39, 0.29) is 18.3 Å². The SMILES string of the molecule is CC(CC1CCCCC1)C(=O)N1CCC2CCC(C1)N2.Cl. The molecular formula is C17H31ClN2O. The Labute approximate surface area is 135 Å². The average Bonchev–Trinajstić information content (AvgIpc) is 2.79. The molecule has 0 aromatic heterocycles. The molecule has 2 heterocycles. The van der Waals surface area contributed by atoms with E-state index in [1.54, 1.807) is 0 Å². The molecule has 0 radical (unpaired) electrons. The Hall–Kier alpha value is -0.280. The Bertz CT molecular complexity index is 344. The van der Waals surface area contributed by atoms with Crippen LogP contribution in [0.2, 0.25) is 0 Å². The number of halogens is 1. The van der Waals surface area contributed by atoms with Crippen molar-refractivity contribution in [1.29, 1.82) is 0 Å². The number of fused-ring (bicyclic) bond motifs is 2. The minimum absolute atomic E-state index is 0. The van der Waals surface area contributed by atoms with E-state index in [1.165, 1.54) is 44.9 Å². The predicted molar refractivity (Wildman–Crippen MR) is 88.7 cm³/mol. The van der Waals surface area contributed by atoms with Gasteiger partial charge in [0.15, 0.2) is 0 Å². The van der Waals surface area contributed by atoms with Gasteiger partial charge in [-0.1, -0.05) is 39.0 Å². The smallest absolute Gasteiger partial charge is 0.225 e. The average molecular weight is 315 g/mol. The summed E-state index contributed by atoms with van der Waals surface area (Å²) in [5.74, 6) is 1.46. The first-order valence-electron chi connectivity index (χ1n) is 8.77. The van der Waals surface area contributed by atoms with Crippen LogP contribution in [0.25, 0.3) is 0 Å². The Kier molecular flexibility index (Phi) is 6.36. The standard InChI is InChI=1S/C17H30N2O.ClH/c1-13(11-14-5-3-2-4-6-14)17(20)19-10-9-15-7-8-16(12-19)18-15;/h13-16,18H,2-12H2,1H3;1H. The molecule has 3 nitrogen and oxygen atoms in total. The third-order valence-corrected chi connectivity index (χ3v) is 5.67. The van der Waals surface area contributed by atoms with Crippen LogP contribution in [0.1, 0.15) is 64.7 Å². The zero-order valence-corrected chi connectivity index (χ0v) is 14.2. The van der Waals surface area contributed by atoms with Gasteiger partial charge in [0.05, 0.1) is 0 Å². The lowest BCUT2D eigenvalue weighted by atomic mass is 9.83. The summed E-state index contributed by atoms with van der Waals surface area (Å²) < 4.78 is 0. The monoisotopic (exact) mass is 314 g/mol. The zero-order chi connectivity index (χ0) is 13.9. The first-order chi connectivity index (χ1) is 9.72. The Morgan fingerprint density at radius 3 is 2.57 bits per heavy atom. The van der Waals surface area contributed by atoms with E-state index >= 15 is 0 Å². The largest absolute Gasteiger partial charge is 0.341 e. The molecule has 0 aromatic rings. The van der Waals surface area contributed by atoms with Crippen molar-refractivity contribution in [2.24, 2.45) is 11.8 Å². The first kappa shape index (κ1) is 17.1. The minimum Gasteiger partial charge on any atom is -0.341 e. The van der Waals surface area contributed by atoms with E-state index in [9.17, 15) is 4.79 Å². The molecule has 1 aliphatic carbocycles. The summed E-state index contributed by atoms with van der Waals surface area (Å²) in [6.07, 6.45) is 11.7. The molecule has 3 rings (SSSR count). The van der Waals surface area contributed by atoms with Gasteiger partial charge < -0.3 is 10.2 Å². The molecule has 122 valence electrons. The van der Waals surface area contributed by atoms with Crippen LogP contribution in [0.15, 0.2) is 0 Å². The topological polar surface area (TPSA) is 32.3 Å². The van der Waals surface area contributed by atoms with Crippen molar-refractivity contribution in [3.63, 3.8) is 0 Å². The van der Waals surface area contributed by atoms with Crippen LogP contribution in [0.3, 0.4) is 0 Å². The quantitative estimate of drug-likeness (QED) is 0.866. The number of nitrogens with zero attached hydrogens (tertiary/aromatic N) is 1. The van der Waals surface area contributed by atoms with E-state index < -0.39 is 0 Å². The maximum absolute atomic E-state index is 12.7. The van der Waals surface area contributed by atoms with Crippen molar-refractivity contribution in [1.82, 2.24) is 10.2 Å². The van der Waals surface area contributed by atoms with Crippen molar-refractivity contribution in [3.8, 4) is 0 Å². The van der Waals surface area contributed by atoms with Crippen LogP contribution >= 0.6 is 12.4 Å². The van der Waals surface area contributed by atoms with Gasteiger partial charge in [0, 0.05) is 31.1 Å². The second-order valence-corrected chi connectivity index (χ2v) is 7.35. The lowest BCUT2D eigenvalue weighted by molar-refractivity contribution is -0.135. The molecule has 2 saturated heterocycles. The number of carbonyl (C=O) groups excluding carboxylic acids is 1. The van der Waals surface area contributed by atoms with Crippen molar-refractivity contribution in [3.05, 3.63) is 0 Å². The highest BCUT2D eigenvalue weighted by molar-refractivity contribution is 5.85. The molecule has 3 unspecified atom stereocenters. The van der Waals surface area contributed by atoms with Gasteiger partial charge in [0.1, 0.15) is 0 Å². The van der Waals surface area contributed by atoms with Gasteiger partial charge in [-0.25, -0.2) is 0 Å². The summed E-state index contributed by atoms with van der Waals surface area (Å²) in [7, 11) is 0. The number of hydrogen-bond acceptors (Lipinski definition) is 2. The molecule has 1 amide bonds. The lowest BCUT2D eigenvalue weighted by Gasteiger charge is -2.30. The first-order valence-corrected chi connectivity index (χ1v) is 8.77. The number of likely N-dealkylation sites (tertiary alicyclic amines) is 1. The summed E-state index contributed by atoms with van der Waals surface area (Å²) in [6.45, 7) is 4.08. The fraction of sp³-hybridized carbons (Fsp3) is 0.941. The number of amides is 1. The molecule has 3 fully saturated rings. The highest BCUT2D eigenvalue weighted by Gasteiger charge is 2.33. The summed E-state index contributed by atoms with van der Waals surface area (Å²) in [5.41, 5.74) is 0. The van der Waals surface area contributed by atoms with Crippen LogP contribution in [0, 0.1) is 11.8 Å². The molecule has 21 heavy (non-hydrogen) atoms. The van der Waals surface area contributed by atoms with Gasteiger partial charge in [-0.3, -0.25) is 4.79 Å². The van der Waals surface area contributed by atoms with Gasteiger partial charge in [0.2, 0.25) is 5.91 Å². The highest BCUT2D eigenvalue weighted by Crippen LogP contribution is 2.30. The molecule has 3 aliphatic rings. The van der Waals surface area contributed by atoms with Gasteiger partial charge in [0.25, 0.3) is 0 Å². The lowest BCUT2D eigenvalue weighted by Crippen LogP contribution is -2.41. The molecule has 0 spiro atoms. The van der Waals surface area contributed by atoms with E-state index in [2.05, 4.69) is 17.1 Å². The third-order valence-electron chi connectivity index (χ3n) is 5.67. The van der Waals surface area contributed by atoms with Crippen molar-refractivity contribution in [2.75, 3.05) is 13.1 Å². The predicted octanol–water partition coefficient (Wildman–Crippen LogP) is 3.37. The number of rotatable bonds is 3. The normalized spacial score (nSPS) is 31.4. The van der Waals surface area contributed by atoms with Crippen LogP contribution in [-0.2, 0) is 4.79 Å². The van der Waals surface area contributed by atoms with Gasteiger partial charge in [-0.2, -0.15) is 0 Å². The second-order valence-electron chi connectivity index (χ2n) is 7.35. The summed E-state index contributed by atoms with van der Waals surface area (Å²) in [6, 6.07) is 1.24. The summed E-state index contributed by atoms with van der Waals surface area (Å²) in [5, 5.41) is 3.66. The van der Waals surface area contributed by atoms with E-state index in [1.807, 2.05) is 0 Å². The van der Waals surface area contributed by atoms with Crippen LogP contribution < -0.4 is 5.32 Å². The third kappa shape index (κ3) is 4.35. The summed E-state index contributed by atoms with van der Waals surface area (Å²) in [4.78, 5) is 14.9. The van der Waals surface area contributed by atoms with E-state index in [4.69, 9.17) is 0 Å². The number of carbonyl (C=O) groups is 1. The van der Waals surface area contributed by atoms with Crippen molar-refractivity contribution < 1.29 is 4.79 Å². The number of hydrogen-bond donors (Lipinski definition) is 1. The fourth-order valence-electron chi connectivity index (χ4n) is 4.48. The molecule has 2 aliphatic heterocycles. The van der Waals surface area contributed by atoms with Crippen molar-refractivity contribution >= 4 is 18.3 Å². The maximum atomic E-state index is 12.7. The molecule has 1 N–H and O–H groups in total. The van der Waals surface area contributed by atoms with Gasteiger partial charge >= 0.3 is 0 Å². The molecule has 1 saturated carbocycles. The Balaban J connectivity index is 0.00000161. The van der Waals surface area contributed by atoms with Crippen LogP contribution in [0.5, 0.6) is 0 Å². The van der Waals surface area contributed by atoms with Gasteiger partial charge in [-0.05, 0) is 31.6 Å². The maximum Gasteiger partial charge on any atom is 0.225 e. The Morgan fingerprint density at radius 2 is 1.81 bits per heavy atom. The molecular weight excluding hydrogens is 284 g/mol. The van der Waals surface area contributed by atoms with Crippen LogP contribution in [-0.4, -0.2) is 36.0 Å². The van der Waals surface area contributed by atoms with Crippen LogP contribution in [0.4, 0.5) is 0 Å². The van der Waals surface area contributed by atoms with E-state index in [0.29, 0.717) is 18.0 Å². The zero-order valence-electron chi connectivity index (χ0n) is 13.4. The van der Waals surface area contributed by atoms with Crippen molar-refractivity contribution in [2.45, 2.75) is 76.8 Å². The highest BCUT2D eigenvalue weighted by atomic mass is 35.5. The molecule has 4 heteroatoms. The van der Waals surface area contributed by atoms with E-state index in [0.717, 1.165) is 31.8 Å². The second kappa shape index (κ2) is 7.82. The van der Waals surface area contributed by atoms with Gasteiger partial charge in [-0.15, -0.1) is 12.4 Å².